The number of hydrogen-bond donors (Lipinski definition) is 2. The Morgan fingerprint density at radius 1 is 0.857 bits per heavy atom. The van der Waals surface area contributed by atoms with Crippen molar-refractivity contribution in [3.8, 4) is 5.75 Å². The summed E-state index contributed by atoms with van der Waals surface area (Å²) in [4.78, 5) is 2.04. The van der Waals surface area contributed by atoms with Crippen molar-refractivity contribution in [1.82, 2.24) is 0 Å². The van der Waals surface area contributed by atoms with Crippen LogP contribution in [0.5, 0.6) is 5.75 Å². The zero-order chi connectivity index (χ0) is 34.9. The average molecular weight is 706 g/mol. The predicted octanol–water partition coefficient (Wildman–Crippen LogP) is 7.67. The van der Waals surface area contributed by atoms with E-state index in [9.17, 15) is 25.9 Å². The highest BCUT2D eigenvalue weighted by Crippen LogP contribution is 2.42. The summed E-state index contributed by atoms with van der Waals surface area (Å²) in [6, 6.07) is 24.1. The average Bonchev–Trinajstić information content (AvgIpc) is 3.58. The molecule has 1 aliphatic rings. The Morgan fingerprint density at radius 2 is 1.49 bits per heavy atom. The van der Waals surface area contributed by atoms with Crippen LogP contribution in [0.4, 0.5) is 5.69 Å². The lowest BCUT2D eigenvalue weighted by Gasteiger charge is -2.19. The normalized spacial score (nSPS) is 16.1. The summed E-state index contributed by atoms with van der Waals surface area (Å²) in [5.74, 6) is 1.88. The van der Waals surface area contributed by atoms with E-state index in [-0.39, 0.29) is 12.8 Å². The van der Waals surface area contributed by atoms with Crippen LogP contribution in [0.25, 0.3) is 38.7 Å². The molecule has 12 heteroatoms. The van der Waals surface area contributed by atoms with E-state index in [1.165, 1.54) is 13.8 Å². The fourth-order valence-electron chi connectivity index (χ4n) is 6.26. The third-order valence-corrected chi connectivity index (χ3v) is 11.7. The van der Waals surface area contributed by atoms with E-state index in [1.807, 2.05) is 90.7 Å². The second-order valence-electron chi connectivity index (χ2n) is 12.6. The molecule has 49 heavy (non-hydrogen) atoms. The maximum absolute atomic E-state index is 11.7. The number of nitrogens with zero attached hydrogens (tertiary/aromatic N) is 2. The van der Waals surface area contributed by atoms with Crippen molar-refractivity contribution in [1.29, 1.82) is 0 Å². The molecule has 4 aromatic carbocycles. The molecule has 0 saturated heterocycles. The van der Waals surface area contributed by atoms with E-state index in [0.717, 1.165) is 38.3 Å². The number of oxazole rings is 1. The van der Waals surface area contributed by atoms with E-state index < -0.39 is 30.7 Å². The van der Waals surface area contributed by atoms with Crippen LogP contribution in [0, 0.1) is 0 Å². The van der Waals surface area contributed by atoms with E-state index in [2.05, 4.69) is 10.6 Å². The molecule has 258 valence electrons. The molecule has 0 radical (unpaired) electrons. The largest absolute Gasteiger partial charge is 0.439 e. The first-order valence-electron chi connectivity index (χ1n) is 16.5. The Morgan fingerprint density at radius 3 is 2.16 bits per heavy atom. The number of hydrogen-bond acceptors (Lipinski definition) is 7. The summed E-state index contributed by atoms with van der Waals surface area (Å²) in [5, 5.41) is 2.37. The van der Waals surface area contributed by atoms with E-state index in [0.29, 0.717) is 55.5 Å². The second-order valence-corrected chi connectivity index (χ2v) is 16.3. The Labute approximate surface area is 286 Å². The highest BCUT2D eigenvalue weighted by Gasteiger charge is 2.29. The lowest BCUT2D eigenvalue weighted by atomic mass is 10.1. The number of benzene rings is 4. The van der Waals surface area contributed by atoms with Crippen LogP contribution in [0.3, 0.4) is 0 Å². The Kier molecular flexibility index (Phi) is 9.86. The molecule has 2 N–H and O–H groups in total. The van der Waals surface area contributed by atoms with Crippen LogP contribution >= 0.6 is 0 Å². The van der Waals surface area contributed by atoms with Gasteiger partial charge in [0, 0.05) is 19.0 Å². The molecule has 6 rings (SSSR count). The van der Waals surface area contributed by atoms with Gasteiger partial charge in [0.25, 0.3) is 25.8 Å². The molecule has 0 aliphatic carbocycles. The third kappa shape index (κ3) is 7.52. The van der Waals surface area contributed by atoms with E-state index >= 15 is 0 Å². The number of anilines is 1. The van der Waals surface area contributed by atoms with Gasteiger partial charge >= 0.3 is 5.89 Å². The molecule has 0 bridgehead atoms. The minimum atomic E-state index is -4.14. The van der Waals surface area contributed by atoms with Crippen molar-refractivity contribution in [2.24, 2.45) is 0 Å². The zero-order valence-electron chi connectivity index (χ0n) is 27.7. The number of fused-ring (bicyclic) bond motifs is 5. The summed E-state index contributed by atoms with van der Waals surface area (Å²) >= 11 is 0. The van der Waals surface area contributed by atoms with Gasteiger partial charge in [0.05, 0.1) is 27.6 Å². The van der Waals surface area contributed by atoms with Gasteiger partial charge in [0.15, 0.2) is 12.3 Å². The Bertz CT molecular complexity index is 2310. The maximum atomic E-state index is 11.7. The summed E-state index contributed by atoms with van der Waals surface area (Å²) in [6.45, 7) is 5.97. The predicted molar refractivity (Wildman–Crippen MR) is 193 cm³/mol. The van der Waals surface area contributed by atoms with Gasteiger partial charge in [0.2, 0.25) is 11.5 Å². The third-order valence-electron chi connectivity index (χ3n) is 9.24. The summed E-state index contributed by atoms with van der Waals surface area (Å²) in [5.41, 5.74) is 3.38. The molecular weight excluding hydrogens is 665 g/mol. The molecule has 1 aromatic heterocycles. The van der Waals surface area contributed by atoms with Crippen molar-refractivity contribution in [3.63, 3.8) is 0 Å². The summed E-state index contributed by atoms with van der Waals surface area (Å²) in [7, 11) is -8.28. The van der Waals surface area contributed by atoms with Crippen LogP contribution in [-0.4, -0.2) is 43.0 Å². The van der Waals surface area contributed by atoms with Crippen LogP contribution in [0.2, 0.25) is 0 Å². The Hall–Kier alpha value is -4.23. The summed E-state index contributed by atoms with van der Waals surface area (Å²) in [6.07, 6.45) is 6.12. The zero-order valence-corrected chi connectivity index (χ0v) is 29.4. The highest BCUT2D eigenvalue weighted by atomic mass is 32.2. The smallest absolute Gasteiger partial charge is 0.374 e. The standard InChI is InChI=1S/C37H40N2O8S2/c1-4-27(21-35-38(19-9-11-25(2)48(40,41)42)32-23-29-14-5-6-15-30(29)24-34(32)47-35)22-36-39(20-10-12-26(3)49(43,44)45)37-31-16-8-7-13-28(31)17-18-33(37)46-36/h5-8,13-18,21-26H,4,9-12,19-20H2,1-3H3,(H-,40,41,42,43,44,45)/p+1. The first-order chi connectivity index (χ1) is 23.3. The molecule has 0 amide bonds. The molecule has 0 fully saturated rings. The molecule has 0 saturated carbocycles. The van der Waals surface area contributed by atoms with Gasteiger partial charge in [-0.1, -0.05) is 55.5 Å². The number of ether oxygens (including phenoxy) is 1. The van der Waals surface area contributed by atoms with Crippen LogP contribution < -0.4 is 14.2 Å². The van der Waals surface area contributed by atoms with Crippen molar-refractivity contribution in [2.45, 2.75) is 69.9 Å². The molecule has 2 atom stereocenters. The van der Waals surface area contributed by atoms with E-state index in [1.54, 1.807) is 0 Å². The fourth-order valence-corrected chi connectivity index (χ4v) is 7.19. The molecule has 2 unspecified atom stereocenters. The first kappa shape index (κ1) is 34.6. The summed E-state index contributed by atoms with van der Waals surface area (Å²) < 4.78 is 80.8. The number of rotatable bonds is 13. The molecule has 2 heterocycles. The molecule has 1 aliphatic heterocycles. The van der Waals surface area contributed by atoms with Gasteiger partial charge in [-0.15, -0.1) is 0 Å². The van der Waals surface area contributed by atoms with Crippen LogP contribution in [-0.2, 0) is 26.8 Å². The van der Waals surface area contributed by atoms with Crippen molar-refractivity contribution < 1.29 is 39.7 Å². The topological polar surface area (TPSA) is 138 Å². The molecule has 0 spiro atoms. The van der Waals surface area contributed by atoms with Gasteiger partial charge in [0.1, 0.15) is 0 Å². The van der Waals surface area contributed by atoms with Gasteiger partial charge in [-0.2, -0.15) is 21.4 Å². The van der Waals surface area contributed by atoms with Crippen molar-refractivity contribution in [3.05, 3.63) is 96.2 Å². The number of allylic oxidation sites excluding steroid dienone is 2. The highest BCUT2D eigenvalue weighted by molar-refractivity contribution is 7.86. The van der Waals surface area contributed by atoms with Gasteiger partial charge < -0.3 is 14.1 Å². The second kappa shape index (κ2) is 13.9. The lowest BCUT2D eigenvalue weighted by molar-refractivity contribution is -0.677. The fraction of sp³-hybridized carbons (Fsp3) is 0.324. The SMILES string of the molecule is CCC(=Cc1oc2ccc3ccccc3c2[n+]1CCCC(C)S(=O)(=O)O)C=C1Oc2cc3ccccc3cc2N1CCCC(C)S(=O)(=O)O. The number of aryl methyl sites for hydroxylation is 1. The van der Waals surface area contributed by atoms with Gasteiger partial charge in [-0.05, 0) is 85.5 Å². The minimum Gasteiger partial charge on any atom is -0.439 e. The van der Waals surface area contributed by atoms with Crippen molar-refractivity contribution >= 4 is 64.6 Å². The first-order valence-corrected chi connectivity index (χ1v) is 19.5. The minimum absolute atomic E-state index is 0.280. The molecule has 5 aromatic rings. The monoisotopic (exact) mass is 705 g/mol. The molecular formula is C37H41N2O8S2+. The van der Waals surface area contributed by atoms with E-state index in [4.69, 9.17) is 9.15 Å². The lowest BCUT2D eigenvalue weighted by Crippen LogP contribution is -2.36. The van der Waals surface area contributed by atoms with Gasteiger partial charge in [-0.25, -0.2) is 0 Å². The van der Waals surface area contributed by atoms with Gasteiger partial charge in [-0.3, -0.25) is 9.11 Å². The van der Waals surface area contributed by atoms with Crippen LogP contribution in [0.1, 0.15) is 58.8 Å². The Balaban J connectivity index is 1.39. The maximum Gasteiger partial charge on any atom is 0.374 e. The molecule has 10 nitrogen and oxygen atoms in total. The van der Waals surface area contributed by atoms with Crippen LogP contribution in [0.15, 0.2) is 94.7 Å². The van der Waals surface area contributed by atoms with Crippen molar-refractivity contribution in [2.75, 3.05) is 11.4 Å². The quantitative estimate of drug-likeness (QED) is 0.0933. The number of aromatic nitrogens is 1.